The van der Waals surface area contributed by atoms with Crippen LogP contribution in [0, 0.1) is 13.8 Å². The van der Waals surface area contributed by atoms with Crippen molar-refractivity contribution in [3.05, 3.63) is 46.8 Å². The van der Waals surface area contributed by atoms with Crippen LogP contribution in [-0.4, -0.2) is 54.2 Å². The van der Waals surface area contributed by atoms with Gasteiger partial charge in [0, 0.05) is 43.4 Å². The number of thioether (sulfide) groups is 1. The molecule has 0 fully saturated rings. The van der Waals surface area contributed by atoms with E-state index in [2.05, 4.69) is 66.7 Å². The molecule has 2 rings (SSSR count). The van der Waals surface area contributed by atoms with Crippen molar-refractivity contribution in [3.63, 3.8) is 0 Å². The fourth-order valence-electron chi connectivity index (χ4n) is 3.06. The lowest BCUT2D eigenvalue weighted by Crippen LogP contribution is -2.38. The fraction of sp³-hybridized carbons (Fsp3) is 0.524. The Morgan fingerprint density at radius 1 is 1.28 bits per heavy atom. The summed E-state index contributed by atoms with van der Waals surface area (Å²) in [5, 5.41) is 8.03. The predicted molar refractivity (Wildman–Crippen MR) is 133 cm³/mol. The minimum atomic E-state index is 0. The largest absolute Gasteiger partial charge is 0.383 e. The second-order valence-corrected chi connectivity index (χ2v) is 7.62. The predicted octanol–water partition coefficient (Wildman–Crippen LogP) is 4.08. The first-order valence-corrected chi connectivity index (χ1v) is 10.9. The van der Waals surface area contributed by atoms with Crippen LogP contribution in [0.5, 0.6) is 0 Å². The van der Waals surface area contributed by atoms with Crippen LogP contribution >= 0.6 is 35.7 Å². The van der Waals surface area contributed by atoms with Gasteiger partial charge in [-0.05, 0) is 44.7 Å². The molecule has 0 aliphatic heterocycles. The lowest BCUT2D eigenvalue weighted by atomic mass is 10.2. The number of methoxy groups -OCH3 is 1. The van der Waals surface area contributed by atoms with Gasteiger partial charge in [-0.3, -0.25) is 4.68 Å². The lowest BCUT2D eigenvalue weighted by molar-refractivity contribution is 0.182. The standard InChI is InChI=1S/C21H33N5OS.HI/c1-7-22-21(25(4)15-18-8-10-19(28-6)11-9-18)23-14-20-16(2)24-26(17(20)3)12-13-27-5;/h8-11H,7,12-15H2,1-6H3,(H,22,23);1H. The van der Waals surface area contributed by atoms with E-state index in [9.17, 15) is 0 Å². The molecule has 162 valence electrons. The van der Waals surface area contributed by atoms with Crippen LogP contribution in [-0.2, 0) is 24.4 Å². The zero-order chi connectivity index (χ0) is 20.5. The number of rotatable bonds is 9. The molecule has 6 nitrogen and oxygen atoms in total. The number of aromatic nitrogens is 2. The van der Waals surface area contributed by atoms with Crippen LogP contribution in [0.3, 0.4) is 0 Å². The van der Waals surface area contributed by atoms with Gasteiger partial charge in [0.1, 0.15) is 0 Å². The Hall–Kier alpha value is -1.26. The third-order valence-corrected chi connectivity index (χ3v) is 5.44. The Bertz CT molecular complexity index is 776. The first kappa shape index (κ1) is 25.8. The summed E-state index contributed by atoms with van der Waals surface area (Å²) < 4.78 is 7.18. The normalized spacial score (nSPS) is 11.3. The van der Waals surface area contributed by atoms with E-state index in [0.717, 1.165) is 37.0 Å². The van der Waals surface area contributed by atoms with Crippen molar-refractivity contribution in [1.29, 1.82) is 0 Å². The van der Waals surface area contributed by atoms with Crippen molar-refractivity contribution in [1.82, 2.24) is 20.0 Å². The first-order valence-electron chi connectivity index (χ1n) is 9.64. The van der Waals surface area contributed by atoms with Gasteiger partial charge >= 0.3 is 0 Å². The monoisotopic (exact) mass is 531 g/mol. The van der Waals surface area contributed by atoms with Gasteiger partial charge in [-0.2, -0.15) is 5.10 Å². The molecule has 2 aromatic rings. The number of nitrogens with zero attached hydrogens (tertiary/aromatic N) is 4. The molecule has 0 aliphatic carbocycles. The van der Waals surface area contributed by atoms with Gasteiger partial charge < -0.3 is 15.0 Å². The van der Waals surface area contributed by atoms with Gasteiger partial charge in [-0.25, -0.2) is 4.99 Å². The molecular formula is C21H34IN5OS. The van der Waals surface area contributed by atoms with E-state index < -0.39 is 0 Å². The second kappa shape index (κ2) is 13.1. The van der Waals surface area contributed by atoms with Crippen molar-refractivity contribution in [2.24, 2.45) is 4.99 Å². The van der Waals surface area contributed by atoms with Gasteiger partial charge in [0.15, 0.2) is 5.96 Å². The number of nitrogens with one attached hydrogen (secondary N) is 1. The third kappa shape index (κ3) is 7.49. The summed E-state index contributed by atoms with van der Waals surface area (Å²) in [4.78, 5) is 8.32. The van der Waals surface area contributed by atoms with Gasteiger partial charge in [0.2, 0.25) is 0 Å². The number of halogens is 1. The van der Waals surface area contributed by atoms with E-state index in [1.165, 1.54) is 16.0 Å². The van der Waals surface area contributed by atoms with Crippen LogP contribution in [0.25, 0.3) is 0 Å². The molecule has 0 amide bonds. The molecule has 0 saturated carbocycles. The summed E-state index contributed by atoms with van der Waals surface area (Å²) in [5.41, 5.74) is 4.64. The second-order valence-electron chi connectivity index (χ2n) is 6.74. The molecule has 0 unspecified atom stereocenters. The molecule has 1 aromatic carbocycles. The fourth-order valence-corrected chi connectivity index (χ4v) is 3.47. The van der Waals surface area contributed by atoms with Crippen molar-refractivity contribution in [2.75, 3.05) is 33.6 Å². The Morgan fingerprint density at radius 3 is 2.55 bits per heavy atom. The molecule has 8 heteroatoms. The highest BCUT2D eigenvalue weighted by molar-refractivity contribution is 14.0. The molecule has 0 atom stereocenters. The van der Waals surface area contributed by atoms with Crippen molar-refractivity contribution in [3.8, 4) is 0 Å². The number of aryl methyl sites for hydroxylation is 1. The molecule has 0 bridgehead atoms. The minimum absolute atomic E-state index is 0. The summed E-state index contributed by atoms with van der Waals surface area (Å²) in [6.45, 7) is 9.92. The highest BCUT2D eigenvalue weighted by Crippen LogP contribution is 2.17. The molecule has 1 aromatic heterocycles. The number of guanidine groups is 1. The number of ether oxygens (including phenoxy) is 1. The van der Waals surface area contributed by atoms with E-state index in [1.807, 2.05) is 11.6 Å². The van der Waals surface area contributed by atoms with Crippen molar-refractivity contribution in [2.45, 2.75) is 45.3 Å². The Morgan fingerprint density at radius 2 is 1.97 bits per heavy atom. The first-order chi connectivity index (χ1) is 13.5. The Kier molecular flexibility index (Phi) is 11.7. The molecule has 0 radical (unpaired) electrons. The molecule has 0 saturated heterocycles. The van der Waals surface area contributed by atoms with Gasteiger partial charge in [0.25, 0.3) is 0 Å². The molecule has 0 aliphatic rings. The molecule has 1 N–H and O–H groups in total. The topological polar surface area (TPSA) is 54.7 Å². The van der Waals surface area contributed by atoms with Crippen molar-refractivity contribution < 1.29 is 4.74 Å². The third-order valence-electron chi connectivity index (χ3n) is 4.70. The number of hydrogen-bond acceptors (Lipinski definition) is 4. The highest BCUT2D eigenvalue weighted by atomic mass is 127. The lowest BCUT2D eigenvalue weighted by Gasteiger charge is -2.22. The molecule has 0 spiro atoms. The van der Waals surface area contributed by atoms with E-state index in [0.29, 0.717) is 13.2 Å². The van der Waals surface area contributed by atoms with Gasteiger partial charge in [-0.1, -0.05) is 12.1 Å². The van der Waals surface area contributed by atoms with Crippen LogP contribution in [0.15, 0.2) is 34.2 Å². The van der Waals surface area contributed by atoms with Crippen LogP contribution in [0.4, 0.5) is 0 Å². The number of hydrogen-bond donors (Lipinski definition) is 1. The highest BCUT2D eigenvalue weighted by Gasteiger charge is 2.12. The van der Waals surface area contributed by atoms with E-state index in [-0.39, 0.29) is 24.0 Å². The van der Waals surface area contributed by atoms with Crippen LogP contribution in [0.1, 0.15) is 29.4 Å². The van der Waals surface area contributed by atoms with E-state index in [1.54, 1.807) is 18.9 Å². The van der Waals surface area contributed by atoms with Gasteiger partial charge in [-0.15, -0.1) is 35.7 Å². The Labute approximate surface area is 196 Å². The van der Waals surface area contributed by atoms with Crippen LogP contribution < -0.4 is 5.32 Å². The van der Waals surface area contributed by atoms with Gasteiger partial charge in [0.05, 0.1) is 25.4 Å². The summed E-state index contributed by atoms with van der Waals surface area (Å²) in [7, 11) is 3.79. The maximum Gasteiger partial charge on any atom is 0.194 e. The maximum absolute atomic E-state index is 5.18. The number of benzene rings is 1. The zero-order valence-electron chi connectivity index (χ0n) is 18.4. The molecule has 1 heterocycles. The van der Waals surface area contributed by atoms with Crippen molar-refractivity contribution >= 4 is 41.7 Å². The SMILES string of the molecule is CCNC(=NCc1c(C)nn(CCOC)c1C)N(C)Cc1ccc(SC)cc1.I. The number of aliphatic imine (C=N–C) groups is 1. The summed E-state index contributed by atoms with van der Waals surface area (Å²) in [6.07, 6.45) is 2.10. The molecular weight excluding hydrogens is 497 g/mol. The van der Waals surface area contributed by atoms with E-state index >= 15 is 0 Å². The van der Waals surface area contributed by atoms with E-state index in [4.69, 9.17) is 9.73 Å². The van der Waals surface area contributed by atoms with Crippen LogP contribution in [0.2, 0.25) is 0 Å². The summed E-state index contributed by atoms with van der Waals surface area (Å²) in [6, 6.07) is 8.69. The quantitative estimate of drug-likeness (QED) is 0.229. The average Bonchev–Trinajstić information content (AvgIpc) is 2.97. The summed E-state index contributed by atoms with van der Waals surface area (Å²) >= 11 is 1.76. The molecule has 29 heavy (non-hydrogen) atoms. The Balaban J connectivity index is 0.00000420. The summed E-state index contributed by atoms with van der Waals surface area (Å²) in [5.74, 6) is 0.903. The average molecular weight is 532 g/mol. The zero-order valence-corrected chi connectivity index (χ0v) is 21.5. The maximum atomic E-state index is 5.18. The minimum Gasteiger partial charge on any atom is -0.383 e. The smallest absolute Gasteiger partial charge is 0.194 e.